The van der Waals surface area contributed by atoms with E-state index in [0.29, 0.717) is 18.2 Å². The third kappa shape index (κ3) is 2.48. The Labute approximate surface area is 98.5 Å². The summed E-state index contributed by atoms with van der Waals surface area (Å²) in [6.45, 7) is 2.62. The largest absolute Gasteiger partial charge is 0.475 e. The summed E-state index contributed by atoms with van der Waals surface area (Å²) in [6, 6.07) is 0. The molecule has 0 amide bonds. The maximum Gasteiger partial charge on any atom is 0.373 e. The van der Waals surface area contributed by atoms with Gasteiger partial charge in [-0.25, -0.2) is 9.78 Å². The van der Waals surface area contributed by atoms with Crippen LogP contribution < -0.4 is 0 Å². The fourth-order valence-electron chi connectivity index (χ4n) is 1.94. The van der Waals surface area contributed by atoms with Gasteiger partial charge in [-0.3, -0.25) is 0 Å². The van der Waals surface area contributed by atoms with Crippen LogP contribution in [0, 0.1) is 0 Å². The van der Waals surface area contributed by atoms with Crippen LogP contribution in [0.1, 0.15) is 41.4 Å². The van der Waals surface area contributed by atoms with Crippen LogP contribution in [0.5, 0.6) is 0 Å². The van der Waals surface area contributed by atoms with Gasteiger partial charge in [0.1, 0.15) is 5.69 Å². The van der Waals surface area contributed by atoms with Crippen molar-refractivity contribution in [1.82, 2.24) is 4.98 Å². The Kier molecular flexibility index (Phi) is 3.44. The highest BCUT2D eigenvalue weighted by molar-refractivity contribution is 5.85. The fraction of sp³-hybridized carbons (Fsp3) is 0.636. The van der Waals surface area contributed by atoms with Gasteiger partial charge in [0.2, 0.25) is 11.7 Å². The van der Waals surface area contributed by atoms with Crippen molar-refractivity contribution in [3.8, 4) is 0 Å². The van der Waals surface area contributed by atoms with E-state index in [1.54, 1.807) is 0 Å². The van der Waals surface area contributed by atoms with Crippen molar-refractivity contribution in [1.29, 1.82) is 0 Å². The Morgan fingerprint density at radius 2 is 2.41 bits per heavy atom. The third-order valence-electron chi connectivity index (χ3n) is 2.74. The lowest BCUT2D eigenvalue weighted by atomic mass is 10.1. The van der Waals surface area contributed by atoms with Crippen molar-refractivity contribution in [2.45, 2.75) is 32.0 Å². The molecule has 1 aliphatic rings. The second-order valence-electron chi connectivity index (χ2n) is 4.14. The number of methoxy groups -OCH3 is 1. The molecule has 0 bridgehead atoms. The zero-order valence-corrected chi connectivity index (χ0v) is 9.80. The lowest BCUT2D eigenvalue weighted by molar-refractivity contribution is 0.0652. The minimum absolute atomic E-state index is 0.0358. The lowest BCUT2D eigenvalue weighted by Gasteiger charge is -1.99. The molecule has 2 rings (SSSR count). The maximum absolute atomic E-state index is 11.0. The zero-order chi connectivity index (χ0) is 12.4. The van der Waals surface area contributed by atoms with E-state index in [9.17, 15) is 4.79 Å². The first-order chi connectivity index (χ1) is 8.11. The van der Waals surface area contributed by atoms with Crippen LogP contribution >= 0.6 is 0 Å². The second kappa shape index (κ2) is 4.85. The van der Waals surface area contributed by atoms with Gasteiger partial charge in [-0.05, 0) is 13.3 Å². The molecule has 94 valence electrons. The quantitative estimate of drug-likeness (QED) is 0.858. The number of oxazole rings is 1. The molecule has 1 N–H and O–H groups in total. The average molecular weight is 241 g/mol. The molecule has 1 aliphatic heterocycles. The van der Waals surface area contributed by atoms with Crippen LogP contribution in [0.4, 0.5) is 0 Å². The number of hydrogen-bond donors (Lipinski definition) is 1. The Hall–Kier alpha value is -1.40. The van der Waals surface area contributed by atoms with Crippen molar-refractivity contribution >= 4 is 5.97 Å². The number of aromatic nitrogens is 1. The first kappa shape index (κ1) is 12.1. The van der Waals surface area contributed by atoms with E-state index in [1.165, 1.54) is 7.11 Å². The molecular weight excluding hydrogens is 226 g/mol. The summed E-state index contributed by atoms with van der Waals surface area (Å²) in [5.41, 5.74) is 0.328. The van der Waals surface area contributed by atoms with E-state index in [1.807, 2.05) is 6.92 Å². The van der Waals surface area contributed by atoms with Crippen LogP contribution in [0.25, 0.3) is 0 Å². The molecule has 1 aromatic heterocycles. The highest BCUT2D eigenvalue weighted by Gasteiger charge is 2.30. The summed E-state index contributed by atoms with van der Waals surface area (Å²) in [5, 5.41) is 8.98. The van der Waals surface area contributed by atoms with Crippen molar-refractivity contribution in [2.75, 3.05) is 13.7 Å². The molecule has 6 heteroatoms. The van der Waals surface area contributed by atoms with Crippen molar-refractivity contribution in [3.63, 3.8) is 0 Å². The summed E-state index contributed by atoms with van der Waals surface area (Å²) in [7, 11) is 1.49. The van der Waals surface area contributed by atoms with Gasteiger partial charge in [-0.2, -0.15) is 0 Å². The van der Waals surface area contributed by atoms with E-state index in [0.717, 1.165) is 6.42 Å². The number of ether oxygens (including phenoxy) is 2. The summed E-state index contributed by atoms with van der Waals surface area (Å²) >= 11 is 0. The van der Waals surface area contributed by atoms with Crippen LogP contribution in [0.15, 0.2) is 4.42 Å². The molecule has 1 fully saturated rings. The predicted molar refractivity (Wildman–Crippen MR) is 56.9 cm³/mol. The number of carbonyl (C=O) groups is 1. The highest BCUT2D eigenvalue weighted by Crippen LogP contribution is 2.30. The SMILES string of the molecule is COCc1nc(C2COC(C)C2)oc1C(=O)O. The monoisotopic (exact) mass is 241 g/mol. The molecule has 0 saturated carbocycles. The third-order valence-corrected chi connectivity index (χ3v) is 2.74. The number of carboxylic acid groups (broad SMARTS) is 1. The first-order valence-corrected chi connectivity index (χ1v) is 5.45. The van der Waals surface area contributed by atoms with Crippen LogP contribution in [-0.4, -0.2) is 35.9 Å². The Bertz CT molecular complexity index is 414. The summed E-state index contributed by atoms with van der Waals surface area (Å²) < 4.78 is 15.6. The predicted octanol–water partition coefficient (Wildman–Crippen LogP) is 1.41. The smallest absolute Gasteiger partial charge is 0.373 e. The van der Waals surface area contributed by atoms with Gasteiger partial charge in [0, 0.05) is 7.11 Å². The van der Waals surface area contributed by atoms with E-state index in [4.69, 9.17) is 19.0 Å². The Morgan fingerprint density at radius 3 is 2.94 bits per heavy atom. The topological polar surface area (TPSA) is 81.8 Å². The van der Waals surface area contributed by atoms with Gasteiger partial charge in [0.05, 0.1) is 25.2 Å². The Morgan fingerprint density at radius 1 is 1.65 bits per heavy atom. The number of hydrogen-bond acceptors (Lipinski definition) is 5. The molecule has 6 nitrogen and oxygen atoms in total. The second-order valence-corrected chi connectivity index (χ2v) is 4.14. The van der Waals surface area contributed by atoms with Gasteiger partial charge in [0.15, 0.2) is 0 Å². The van der Waals surface area contributed by atoms with Crippen LogP contribution in [0.3, 0.4) is 0 Å². The first-order valence-electron chi connectivity index (χ1n) is 5.45. The highest BCUT2D eigenvalue weighted by atomic mass is 16.5. The van der Waals surface area contributed by atoms with E-state index >= 15 is 0 Å². The molecular formula is C11H15NO5. The van der Waals surface area contributed by atoms with Crippen molar-refractivity contribution in [3.05, 3.63) is 17.3 Å². The van der Waals surface area contributed by atoms with E-state index < -0.39 is 5.97 Å². The summed E-state index contributed by atoms with van der Waals surface area (Å²) in [5.74, 6) is -0.795. The van der Waals surface area contributed by atoms with Gasteiger partial charge >= 0.3 is 5.97 Å². The van der Waals surface area contributed by atoms with Gasteiger partial charge < -0.3 is 19.0 Å². The van der Waals surface area contributed by atoms with Crippen molar-refractivity contribution < 1.29 is 23.8 Å². The molecule has 17 heavy (non-hydrogen) atoms. The molecule has 2 unspecified atom stereocenters. The molecule has 2 heterocycles. The zero-order valence-electron chi connectivity index (χ0n) is 9.80. The number of nitrogens with zero attached hydrogens (tertiary/aromatic N) is 1. The minimum atomic E-state index is -1.12. The van der Waals surface area contributed by atoms with Crippen molar-refractivity contribution in [2.24, 2.45) is 0 Å². The van der Waals surface area contributed by atoms with Gasteiger partial charge in [0.25, 0.3) is 0 Å². The molecule has 0 spiro atoms. The molecule has 0 aromatic carbocycles. The number of rotatable bonds is 4. The van der Waals surface area contributed by atoms with Crippen LogP contribution in [0.2, 0.25) is 0 Å². The molecule has 1 saturated heterocycles. The van der Waals surface area contributed by atoms with E-state index in [2.05, 4.69) is 4.98 Å². The van der Waals surface area contributed by atoms with Gasteiger partial charge in [-0.15, -0.1) is 0 Å². The minimum Gasteiger partial charge on any atom is -0.475 e. The molecule has 0 radical (unpaired) electrons. The van der Waals surface area contributed by atoms with E-state index in [-0.39, 0.29) is 24.4 Å². The summed E-state index contributed by atoms with van der Waals surface area (Å²) in [4.78, 5) is 15.2. The summed E-state index contributed by atoms with van der Waals surface area (Å²) in [6.07, 6.45) is 0.956. The number of aromatic carboxylic acids is 1. The Balaban J connectivity index is 2.23. The lowest BCUT2D eigenvalue weighted by Crippen LogP contribution is -2.00. The molecule has 0 aliphatic carbocycles. The fourth-order valence-corrected chi connectivity index (χ4v) is 1.94. The standard InChI is InChI=1S/C11H15NO5/c1-6-3-7(4-16-6)10-12-8(5-15-2)9(17-10)11(13)14/h6-7H,3-5H2,1-2H3,(H,13,14). The average Bonchev–Trinajstić information content (AvgIpc) is 2.85. The number of carboxylic acids is 1. The molecule has 1 aromatic rings. The van der Waals surface area contributed by atoms with Crippen LogP contribution in [-0.2, 0) is 16.1 Å². The van der Waals surface area contributed by atoms with Gasteiger partial charge in [-0.1, -0.05) is 0 Å². The molecule has 2 atom stereocenters. The normalized spacial score (nSPS) is 24.1. The maximum atomic E-state index is 11.0.